The smallest absolute Gasteiger partial charge is 0.234 e. The predicted octanol–water partition coefficient (Wildman–Crippen LogP) is 3.19. The molecule has 146 valence electrons. The van der Waals surface area contributed by atoms with Crippen molar-refractivity contribution in [3.8, 4) is 0 Å². The van der Waals surface area contributed by atoms with E-state index in [1.165, 1.54) is 6.92 Å². The summed E-state index contributed by atoms with van der Waals surface area (Å²) in [5.41, 5.74) is 1.01. The van der Waals surface area contributed by atoms with Gasteiger partial charge in [0.15, 0.2) is 5.78 Å². The number of Topliss-reactive ketones (excluding diaryl/α,β-unsaturated/α-hetero) is 1. The maximum absolute atomic E-state index is 12.6. The number of nitrogens with zero attached hydrogens (tertiary/aromatic N) is 1. The van der Waals surface area contributed by atoms with Gasteiger partial charge in [0, 0.05) is 0 Å². The summed E-state index contributed by atoms with van der Waals surface area (Å²) in [7, 11) is 0. The van der Waals surface area contributed by atoms with Crippen LogP contribution in [0.2, 0.25) is 0 Å². The van der Waals surface area contributed by atoms with E-state index in [-0.39, 0.29) is 18.2 Å². The Bertz CT molecular complexity index is 821. The van der Waals surface area contributed by atoms with E-state index < -0.39 is 6.04 Å². The Morgan fingerprint density at radius 3 is 2.04 bits per heavy atom. The topological polar surface area (TPSA) is 75.7 Å². The highest BCUT2D eigenvalue weighted by Gasteiger charge is 2.20. The summed E-state index contributed by atoms with van der Waals surface area (Å²) < 4.78 is 10.8. The maximum atomic E-state index is 12.6. The molecular formula is C22H24N2O4. The van der Waals surface area contributed by atoms with Crippen molar-refractivity contribution in [1.29, 1.82) is 0 Å². The molecule has 0 saturated carbocycles. The molecule has 6 heteroatoms. The summed E-state index contributed by atoms with van der Waals surface area (Å²) in [5, 5.41) is 2.86. The lowest BCUT2D eigenvalue weighted by molar-refractivity contribution is -0.127. The van der Waals surface area contributed by atoms with Gasteiger partial charge < -0.3 is 14.2 Å². The van der Waals surface area contributed by atoms with E-state index in [9.17, 15) is 9.59 Å². The molecule has 0 aliphatic carbocycles. The summed E-state index contributed by atoms with van der Waals surface area (Å²) in [4.78, 5) is 26.6. The van der Waals surface area contributed by atoms with Crippen LogP contribution in [-0.2, 0) is 29.1 Å². The van der Waals surface area contributed by atoms with Crippen LogP contribution in [0.15, 0.2) is 76.0 Å². The molecule has 1 N–H and O–H groups in total. The second-order valence-corrected chi connectivity index (χ2v) is 6.72. The summed E-state index contributed by atoms with van der Waals surface area (Å²) in [6, 6.07) is 16.5. The molecule has 2 heterocycles. The second kappa shape index (κ2) is 9.71. The molecule has 0 fully saturated rings. The number of nitrogens with one attached hydrogen (secondary N) is 1. The molecule has 0 bridgehead atoms. The van der Waals surface area contributed by atoms with Crippen molar-refractivity contribution in [1.82, 2.24) is 10.2 Å². The number of carbonyl (C=O) groups is 2. The van der Waals surface area contributed by atoms with Gasteiger partial charge >= 0.3 is 0 Å². The first-order valence-electron chi connectivity index (χ1n) is 9.21. The quantitative estimate of drug-likeness (QED) is 0.585. The third-order valence-electron chi connectivity index (χ3n) is 4.39. The monoisotopic (exact) mass is 380 g/mol. The Kier molecular flexibility index (Phi) is 6.81. The first-order valence-corrected chi connectivity index (χ1v) is 9.21. The molecule has 0 aliphatic rings. The van der Waals surface area contributed by atoms with E-state index >= 15 is 0 Å². The van der Waals surface area contributed by atoms with Gasteiger partial charge in [-0.1, -0.05) is 30.3 Å². The van der Waals surface area contributed by atoms with Gasteiger partial charge in [-0.05, 0) is 43.2 Å². The Balaban J connectivity index is 1.63. The molecule has 1 aromatic carbocycles. The first kappa shape index (κ1) is 19.6. The number of rotatable bonds is 10. The predicted molar refractivity (Wildman–Crippen MR) is 104 cm³/mol. The van der Waals surface area contributed by atoms with E-state index in [4.69, 9.17) is 8.83 Å². The number of benzene rings is 1. The molecule has 0 saturated heterocycles. The molecule has 0 aliphatic heterocycles. The Morgan fingerprint density at radius 1 is 0.929 bits per heavy atom. The van der Waals surface area contributed by atoms with Crippen LogP contribution in [0.5, 0.6) is 0 Å². The summed E-state index contributed by atoms with van der Waals surface area (Å²) in [5.74, 6) is 1.23. The van der Waals surface area contributed by atoms with E-state index in [2.05, 4.69) is 5.32 Å². The van der Waals surface area contributed by atoms with Gasteiger partial charge in [0.05, 0.1) is 38.2 Å². The van der Waals surface area contributed by atoms with Crippen LogP contribution < -0.4 is 5.32 Å². The van der Waals surface area contributed by atoms with E-state index in [0.29, 0.717) is 19.5 Å². The van der Waals surface area contributed by atoms with Crippen LogP contribution in [-0.4, -0.2) is 29.2 Å². The van der Waals surface area contributed by atoms with Crippen LogP contribution in [0.3, 0.4) is 0 Å². The number of hydrogen-bond donors (Lipinski definition) is 1. The number of ketones is 1. The Morgan fingerprint density at radius 2 is 1.54 bits per heavy atom. The lowest BCUT2D eigenvalue weighted by atomic mass is 10.0. The van der Waals surface area contributed by atoms with Crippen molar-refractivity contribution in [2.24, 2.45) is 0 Å². The largest absolute Gasteiger partial charge is 0.468 e. The lowest BCUT2D eigenvalue weighted by Gasteiger charge is -2.22. The van der Waals surface area contributed by atoms with E-state index in [0.717, 1.165) is 17.1 Å². The zero-order chi connectivity index (χ0) is 19.8. The zero-order valence-electron chi connectivity index (χ0n) is 15.8. The fourth-order valence-electron chi connectivity index (χ4n) is 3.00. The second-order valence-electron chi connectivity index (χ2n) is 6.72. The fraction of sp³-hybridized carbons (Fsp3) is 0.273. The summed E-state index contributed by atoms with van der Waals surface area (Å²) >= 11 is 0. The highest BCUT2D eigenvalue weighted by molar-refractivity contribution is 5.88. The third-order valence-corrected chi connectivity index (χ3v) is 4.39. The summed E-state index contributed by atoms with van der Waals surface area (Å²) in [6.45, 7) is 2.55. The minimum Gasteiger partial charge on any atom is -0.468 e. The highest BCUT2D eigenvalue weighted by Crippen LogP contribution is 2.11. The molecular weight excluding hydrogens is 356 g/mol. The molecule has 0 radical (unpaired) electrons. The maximum Gasteiger partial charge on any atom is 0.234 e. The molecule has 0 spiro atoms. The fourth-order valence-corrected chi connectivity index (χ4v) is 3.00. The molecule has 3 aromatic rings. The van der Waals surface area contributed by atoms with Crippen molar-refractivity contribution in [2.75, 3.05) is 6.54 Å². The van der Waals surface area contributed by atoms with Crippen LogP contribution in [0.25, 0.3) is 0 Å². The molecule has 1 amide bonds. The van der Waals surface area contributed by atoms with Crippen molar-refractivity contribution in [3.63, 3.8) is 0 Å². The van der Waals surface area contributed by atoms with Crippen LogP contribution in [0.4, 0.5) is 0 Å². The minimum atomic E-state index is -0.552. The average Bonchev–Trinajstić information content (AvgIpc) is 3.36. The van der Waals surface area contributed by atoms with E-state index in [1.54, 1.807) is 12.5 Å². The van der Waals surface area contributed by atoms with Gasteiger partial charge in [0.1, 0.15) is 11.5 Å². The van der Waals surface area contributed by atoms with Crippen molar-refractivity contribution in [2.45, 2.75) is 32.5 Å². The van der Waals surface area contributed by atoms with Gasteiger partial charge in [-0.15, -0.1) is 0 Å². The number of amides is 1. The lowest BCUT2D eigenvalue weighted by Crippen LogP contribution is -2.45. The van der Waals surface area contributed by atoms with Crippen molar-refractivity contribution < 1.29 is 18.4 Å². The molecule has 1 atom stereocenters. The first-order chi connectivity index (χ1) is 13.6. The van der Waals surface area contributed by atoms with Gasteiger partial charge in [0.2, 0.25) is 5.91 Å². The molecule has 28 heavy (non-hydrogen) atoms. The number of hydrogen-bond acceptors (Lipinski definition) is 5. The third kappa shape index (κ3) is 5.96. The molecule has 3 rings (SSSR count). The normalized spacial score (nSPS) is 12.1. The Labute approximate surface area is 164 Å². The van der Waals surface area contributed by atoms with Crippen molar-refractivity contribution in [3.05, 3.63) is 84.2 Å². The van der Waals surface area contributed by atoms with Gasteiger partial charge in [-0.3, -0.25) is 14.5 Å². The van der Waals surface area contributed by atoms with E-state index in [1.807, 2.05) is 59.5 Å². The Hall–Kier alpha value is -3.12. The van der Waals surface area contributed by atoms with Gasteiger partial charge in [0.25, 0.3) is 0 Å². The van der Waals surface area contributed by atoms with Crippen molar-refractivity contribution >= 4 is 11.7 Å². The molecule has 1 unspecified atom stereocenters. The molecule has 6 nitrogen and oxygen atoms in total. The standard InChI is InChI=1S/C22H24N2O4/c1-17(25)21(13-18-7-3-2-4-8-18)23-22(26)16-24(14-19-9-5-11-27-19)15-20-10-6-12-28-20/h2-12,21H,13-16H2,1H3,(H,23,26). The molecule has 2 aromatic heterocycles. The SMILES string of the molecule is CC(=O)C(Cc1ccccc1)NC(=O)CN(Cc1ccco1)Cc1ccco1. The van der Waals surface area contributed by atoms with Crippen LogP contribution >= 0.6 is 0 Å². The zero-order valence-corrected chi connectivity index (χ0v) is 15.8. The van der Waals surface area contributed by atoms with Crippen LogP contribution in [0.1, 0.15) is 24.0 Å². The van der Waals surface area contributed by atoms with Crippen LogP contribution in [0, 0.1) is 0 Å². The minimum absolute atomic E-state index is 0.0687. The van der Waals surface area contributed by atoms with Gasteiger partial charge in [-0.25, -0.2) is 0 Å². The highest BCUT2D eigenvalue weighted by atomic mass is 16.3. The van der Waals surface area contributed by atoms with Gasteiger partial charge in [-0.2, -0.15) is 0 Å². The number of furan rings is 2. The number of carbonyl (C=O) groups excluding carboxylic acids is 2. The summed E-state index contributed by atoms with van der Waals surface area (Å²) in [6.07, 6.45) is 3.68. The average molecular weight is 380 g/mol.